The number of nitrogens with two attached hydrogens (primary N) is 1. The van der Waals surface area contributed by atoms with E-state index in [2.05, 4.69) is 41.5 Å². The number of hydrogen-bond donors (Lipinski definition) is 2. The van der Waals surface area contributed by atoms with Crippen LogP contribution in [0.2, 0.25) is 0 Å². The molecule has 0 aromatic heterocycles. The molecule has 1 saturated heterocycles. The van der Waals surface area contributed by atoms with Crippen LogP contribution in [0.5, 0.6) is 11.5 Å². The number of methoxy groups -OCH3 is 2. The fourth-order valence-corrected chi connectivity index (χ4v) is 3.78. The summed E-state index contributed by atoms with van der Waals surface area (Å²) in [6.07, 6.45) is 1.87. The molecule has 0 saturated carbocycles. The highest BCUT2D eigenvalue weighted by atomic mass is 127. The van der Waals surface area contributed by atoms with Gasteiger partial charge in [-0.2, -0.15) is 0 Å². The molecule has 0 aliphatic carbocycles. The predicted octanol–water partition coefficient (Wildman–Crippen LogP) is 4.11. The quantitative estimate of drug-likeness (QED) is 0.347. The van der Waals surface area contributed by atoms with Crippen LogP contribution >= 0.6 is 24.0 Å². The lowest BCUT2D eigenvalue weighted by molar-refractivity contribution is 0.0529. The first-order valence-corrected chi connectivity index (χ1v) is 9.51. The number of hydrogen-bond acceptors (Lipinski definition) is 4. The van der Waals surface area contributed by atoms with Crippen molar-refractivity contribution in [2.45, 2.75) is 25.2 Å². The number of nitrogens with zero attached hydrogens (tertiary/aromatic N) is 1. The molecule has 3 rings (SSSR count). The second-order valence-corrected chi connectivity index (χ2v) is 7.10. The lowest BCUT2D eigenvalue weighted by atomic mass is 9.72. The van der Waals surface area contributed by atoms with Crippen molar-refractivity contribution >= 4 is 35.6 Å². The summed E-state index contributed by atoms with van der Waals surface area (Å²) in [5, 5.41) is 3.15. The van der Waals surface area contributed by atoms with Crippen molar-refractivity contribution in [2.75, 3.05) is 39.3 Å². The first kappa shape index (κ1) is 23.3. The SMILES string of the molecule is COc1ccc(NC(N)=NCC2(c3ccccc3C)CCOCC2)cc1OC.I. The first-order chi connectivity index (χ1) is 13.6. The summed E-state index contributed by atoms with van der Waals surface area (Å²) in [5.74, 6) is 1.69. The zero-order valence-corrected chi connectivity index (χ0v) is 19.6. The molecule has 1 fully saturated rings. The molecule has 1 aliphatic heterocycles. The van der Waals surface area contributed by atoms with Gasteiger partial charge in [-0.15, -0.1) is 24.0 Å². The summed E-state index contributed by atoms with van der Waals surface area (Å²) in [4.78, 5) is 4.69. The van der Waals surface area contributed by atoms with Crippen LogP contribution in [0.4, 0.5) is 5.69 Å². The van der Waals surface area contributed by atoms with E-state index in [-0.39, 0.29) is 29.4 Å². The number of rotatable bonds is 6. The minimum atomic E-state index is -0.0481. The van der Waals surface area contributed by atoms with Crippen molar-refractivity contribution in [3.8, 4) is 11.5 Å². The van der Waals surface area contributed by atoms with Crippen molar-refractivity contribution in [3.63, 3.8) is 0 Å². The Morgan fingerprint density at radius 2 is 1.79 bits per heavy atom. The van der Waals surface area contributed by atoms with Crippen LogP contribution in [0.1, 0.15) is 24.0 Å². The number of nitrogens with one attached hydrogen (secondary N) is 1. The van der Waals surface area contributed by atoms with Crippen LogP contribution in [0.3, 0.4) is 0 Å². The van der Waals surface area contributed by atoms with E-state index in [0.29, 0.717) is 24.0 Å². The van der Waals surface area contributed by atoms with E-state index in [1.54, 1.807) is 14.2 Å². The van der Waals surface area contributed by atoms with Crippen molar-refractivity contribution < 1.29 is 14.2 Å². The van der Waals surface area contributed by atoms with E-state index in [9.17, 15) is 0 Å². The number of aliphatic imine (C=N–C) groups is 1. The Morgan fingerprint density at radius 1 is 1.10 bits per heavy atom. The van der Waals surface area contributed by atoms with Crippen LogP contribution in [0, 0.1) is 6.92 Å². The van der Waals surface area contributed by atoms with Gasteiger partial charge >= 0.3 is 0 Å². The third kappa shape index (κ3) is 5.54. The Balaban J connectivity index is 0.00000300. The molecule has 7 heteroatoms. The molecule has 3 N–H and O–H groups in total. The summed E-state index contributed by atoms with van der Waals surface area (Å²) in [6.45, 7) is 4.26. The van der Waals surface area contributed by atoms with Gasteiger partial charge in [0.25, 0.3) is 0 Å². The Labute approximate surface area is 189 Å². The molecule has 1 heterocycles. The smallest absolute Gasteiger partial charge is 0.193 e. The van der Waals surface area contributed by atoms with Gasteiger partial charge in [-0.05, 0) is 43.0 Å². The minimum absolute atomic E-state index is 0. The average molecular weight is 511 g/mol. The first-order valence-electron chi connectivity index (χ1n) is 9.51. The largest absolute Gasteiger partial charge is 0.493 e. The highest BCUT2D eigenvalue weighted by molar-refractivity contribution is 14.0. The summed E-state index contributed by atoms with van der Waals surface area (Å²) in [7, 11) is 3.22. The maximum absolute atomic E-state index is 6.20. The lowest BCUT2D eigenvalue weighted by Gasteiger charge is -2.37. The highest BCUT2D eigenvalue weighted by Crippen LogP contribution is 2.37. The molecule has 0 radical (unpaired) electrons. The van der Waals surface area contributed by atoms with Crippen molar-refractivity contribution in [3.05, 3.63) is 53.6 Å². The normalized spacial score (nSPS) is 15.9. The third-order valence-electron chi connectivity index (χ3n) is 5.37. The van der Waals surface area contributed by atoms with Crippen LogP contribution in [-0.4, -0.2) is 39.9 Å². The Bertz CT molecular complexity index is 836. The Kier molecular flexibility index (Phi) is 8.58. The topological polar surface area (TPSA) is 78.1 Å². The van der Waals surface area contributed by atoms with Gasteiger partial charge in [-0.1, -0.05) is 24.3 Å². The van der Waals surface area contributed by atoms with Gasteiger partial charge in [0.1, 0.15) is 0 Å². The molecule has 0 bridgehead atoms. The van der Waals surface area contributed by atoms with Gasteiger partial charge < -0.3 is 25.3 Å². The van der Waals surface area contributed by atoms with Crippen molar-refractivity contribution in [1.29, 1.82) is 0 Å². The predicted molar refractivity (Wildman–Crippen MR) is 128 cm³/mol. The van der Waals surface area contributed by atoms with E-state index < -0.39 is 0 Å². The molecule has 2 aromatic carbocycles. The monoisotopic (exact) mass is 511 g/mol. The average Bonchev–Trinajstić information content (AvgIpc) is 2.73. The minimum Gasteiger partial charge on any atom is -0.493 e. The number of benzene rings is 2. The van der Waals surface area contributed by atoms with Gasteiger partial charge in [0.15, 0.2) is 17.5 Å². The number of guanidine groups is 1. The van der Waals surface area contributed by atoms with E-state index in [0.717, 1.165) is 31.7 Å². The molecule has 0 atom stereocenters. The molecule has 0 amide bonds. The number of halogens is 1. The second-order valence-electron chi connectivity index (χ2n) is 7.10. The second kappa shape index (κ2) is 10.7. The maximum Gasteiger partial charge on any atom is 0.193 e. The summed E-state index contributed by atoms with van der Waals surface area (Å²) < 4.78 is 16.2. The maximum atomic E-state index is 6.20. The number of anilines is 1. The standard InChI is InChI=1S/C22H29N3O3.HI/c1-16-6-4-5-7-18(16)22(10-12-28-13-11-22)15-24-21(23)25-17-8-9-19(26-2)20(14-17)27-3;/h4-9,14H,10-13,15H2,1-3H3,(H3,23,24,25);1H. The van der Waals surface area contributed by atoms with Gasteiger partial charge in [-0.25, -0.2) is 0 Å². The zero-order chi connectivity index (χ0) is 20.0. The van der Waals surface area contributed by atoms with Gasteiger partial charge in [-0.3, -0.25) is 4.99 Å². The van der Waals surface area contributed by atoms with E-state index in [1.165, 1.54) is 11.1 Å². The molecule has 0 unspecified atom stereocenters. The van der Waals surface area contributed by atoms with Crippen LogP contribution in [0.15, 0.2) is 47.5 Å². The van der Waals surface area contributed by atoms with E-state index in [4.69, 9.17) is 19.9 Å². The van der Waals surface area contributed by atoms with Gasteiger partial charge in [0.2, 0.25) is 0 Å². The highest BCUT2D eigenvalue weighted by Gasteiger charge is 2.35. The summed E-state index contributed by atoms with van der Waals surface area (Å²) in [6, 6.07) is 14.1. The van der Waals surface area contributed by atoms with Gasteiger partial charge in [0.05, 0.1) is 20.8 Å². The molecule has 1 aliphatic rings. The lowest BCUT2D eigenvalue weighted by Crippen LogP contribution is -2.38. The van der Waals surface area contributed by atoms with E-state index in [1.807, 2.05) is 18.2 Å². The number of ether oxygens (including phenoxy) is 3. The molecule has 158 valence electrons. The van der Waals surface area contributed by atoms with E-state index >= 15 is 0 Å². The summed E-state index contributed by atoms with van der Waals surface area (Å²) >= 11 is 0. The third-order valence-corrected chi connectivity index (χ3v) is 5.37. The fraction of sp³-hybridized carbons (Fsp3) is 0.409. The Morgan fingerprint density at radius 3 is 2.45 bits per heavy atom. The van der Waals surface area contributed by atoms with Gasteiger partial charge in [0, 0.05) is 30.4 Å². The molecule has 0 spiro atoms. The molecule has 6 nitrogen and oxygen atoms in total. The van der Waals surface area contributed by atoms with Crippen molar-refractivity contribution in [1.82, 2.24) is 0 Å². The molecular formula is C22H30IN3O3. The zero-order valence-electron chi connectivity index (χ0n) is 17.2. The number of aryl methyl sites for hydroxylation is 1. The molecule has 29 heavy (non-hydrogen) atoms. The van der Waals surface area contributed by atoms with Crippen LogP contribution in [0.25, 0.3) is 0 Å². The molecule has 2 aromatic rings. The van der Waals surface area contributed by atoms with Crippen molar-refractivity contribution in [2.24, 2.45) is 10.7 Å². The van der Waals surface area contributed by atoms with Crippen LogP contribution in [-0.2, 0) is 10.2 Å². The fourth-order valence-electron chi connectivity index (χ4n) is 3.78. The Hall–Kier alpha value is -2.00. The van der Waals surface area contributed by atoms with Crippen LogP contribution < -0.4 is 20.5 Å². The molecular weight excluding hydrogens is 481 g/mol. The summed E-state index contributed by atoms with van der Waals surface area (Å²) in [5.41, 5.74) is 9.57.